The van der Waals surface area contributed by atoms with Crippen molar-refractivity contribution in [2.45, 2.75) is 31.7 Å². The number of anilines is 1. The average Bonchev–Trinajstić information content (AvgIpc) is 3.44. The van der Waals surface area contributed by atoms with Gasteiger partial charge in [-0.05, 0) is 56.0 Å². The molecule has 1 N–H and O–H groups in total. The predicted octanol–water partition coefficient (Wildman–Crippen LogP) is 4.55. The second-order valence-electron chi connectivity index (χ2n) is 8.17. The number of pyridine rings is 1. The maximum Gasteiger partial charge on any atom is 0.256 e. The highest BCUT2D eigenvalue weighted by Crippen LogP contribution is 2.30. The molecule has 0 saturated carbocycles. The maximum atomic E-state index is 13.4. The Kier molecular flexibility index (Phi) is 6.08. The van der Waals surface area contributed by atoms with Gasteiger partial charge < -0.3 is 5.32 Å². The number of fused-ring (bicyclic) bond motifs is 1. The molecular formula is C23H25N5O3S2. The Labute approximate surface area is 196 Å². The Balaban J connectivity index is 1.81. The Bertz CT molecular complexity index is 1440. The van der Waals surface area contributed by atoms with Crippen molar-refractivity contribution in [2.75, 3.05) is 19.4 Å². The predicted molar refractivity (Wildman–Crippen MR) is 131 cm³/mol. The van der Waals surface area contributed by atoms with Crippen molar-refractivity contribution < 1.29 is 13.2 Å². The smallest absolute Gasteiger partial charge is 0.256 e. The summed E-state index contributed by atoms with van der Waals surface area (Å²) < 4.78 is 28.1. The molecule has 0 radical (unpaired) electrons. The van der Waals surface area contributed by atoms with E-state index in [1.165, 1.54) is 26.2 Å². The van der Waals surface area contributed by atoms with Gasteiger partial charge in [0.25, 0.3) is 5.91 Å². The number of sulfonamides is 1. The van der Waals surface area contributed by atoms with Gasteiger partial charge in [0.05, 0.1) is 32.6 Å². The van der Waals surface area contributed by atoms with Crippen LogP contribution in [0.5, 0.6) is 0 Å². The van der Waals surface area contributed by atoms with Gasteiger partial charge in [0.15, 0.2) is 5.65 Å². The van der Waals surface area contributed by atoms with Gasteiger partial charge in [0.1, 0.15) is 0 Å². The van der Waals surface area contributed by atoms with Crippen molar-refractivity contribution in [3.8, 4) is 10.6 Å². The third kappa shape index (κ3) is 4.29. The molecule has 8 nitrogen and oxygen atoms in total. The Morgan fingerprint density at radius 2 is 1.94 bits per heavy atom. The minimum atomic E-state index is -3.63. The third-order valence-corrected chi connectivity index (χ3v) is 8.01. The fourth-order valence-electron chi connectivity index (χ4n) is 3.43. The van der Waals surface area contributed by atoms with Gasteiger partial charge in [-0.3, -0.25) is 4.79 Å². The molecular weight excluding hydrogens is 458 g/mol. The summed E-state index contributed by atoms with van der Waals surface area (Å²) >= 11 is 1.54. The van der Waals surface area contributed by atoms with E-state index in [4.69, 9.17) is 4.98 Å². The summed E-state index contributed by atoms with van der Waals surface area (Å²) in [5.74, 6) is -0.356. The number of hydrogen-bond donors (Lipinski definition) is 1. The van der Waals surface area contributed by atoms with Gasteiger partial charge in [-0.15, -0.1) is 11.3 Å². The third-order valence-electron chi connectivity index (χ3n) is 5.31. The molecule has 0 unspecified atom stereocenters. The quantitative estimate of drug-likeness (QED) is 0.434. The molecule has 3 heterocycles. The molecule has 0 fully saturated rings. The van der Waals surface area contributed by atoms with Crippen LogP contribution in [-0.2, 0) is 10.0 Å². The molecule has 0 atom stereocenters. The molecule has 10 heteroatoms. The molecule has 4 rings (SSSR count). The van der Waals surface area contributed by atoms with Gasteiger partial charge in [-0.1, -0.05) is 12.1 Å². The Morgan fingerprint density at radius 3 is 2.58 bits per heavy atom. The normalized spacial score (nSPS) is 12.1. The summed E-state index contributed by atoms with van der Waals surface area (Å²) in [7, 11) is -0.690. The van der Waals surface area contributed by atoms with E-state index < -0.39 is 10.0 Å². The summed E-state index contributed by atoms with van der Waals surface area (Å²) in [6, 6.07) is 10.4. The van der Waals surface area contributed by atoms with Crippen LogP contribution in [0.25, 0.3) is 21.6 Å². The number of nitrogens with one attached hydrogen (secondary N) is 1. The molecule has 1 aromatic carbocycles. The van der Waals surface area contributed by atoms with Gasteiger partial charge in [0, 0.05) is 25.8 Å². The second-order valence-corrected chi connectivity index (χ2v) is 11.3. The highest BCUT2D eigenvalue weighted by atomic mass is 32.2. The first-order valence-electron chi connectivity index (χ1n) is 10.4. The topological polar surface area (TPSA) is 97.2 Å². The van der Waals surface area contributed by atoms with Crippen LogP contribution in [0.4, 0.5) is 5.69 Å². The van der Waals surface area contributed by atoms with Crippen LogP contribution in [0.3, 0.4) is 0 Å². The van der Waals surface area contributed by atoms with Crippen LogP contribution in [0.1, 0.15) is 35.8 Å². The molecule has 0 aliphatic rings. The van der Waals surface area contributed by atoms with E-state index in [-0.39, 0.29) is 16.8 Å². The minimum absolute atomic E-state index is 0.0691. The zero-order valence-corrected chi connectivity index (χ0v) is 20.7. The van der Waals surface area contributed by atoms with Gasteiger partial charge in [0.2, 0.25) is 10.0 Å². The Morgan fingerprint density at radius 1 is 1.18 bits per heavy atom. The minimum Gasteiger partial charge on any atom is -0.322 e. The first kappa shape index (κ1) is 23.1. The molecule has 0 spiro atoms. The van der Waals surface area contributed by atoms with Crippen molar-refractivity contribution >= 4 is 44.0 Å². The molecule has 1 amide bonds. The lowest BCUT2D eigenvalue weighted by Crippen LogP contribution is -2.22. The van der Waals surface area contributed by atoms with Crippen molar-refractivity contribution in [2.24, 2.45) is 0 Å². The molecule has 4 aromatic rings. The van der Waals surface area contributed by atoms with Gasteiger partial charge in [-0.2, -0.15) is 5.10 Å². The summed E-state index contributed by atoms with van der Waals surface area (Å²) in [5, 5.41) is 9.94. The maximum absolute atomic E-state index is 13.4. The zero-order valence-electron chi connectivity index (χ0n) is 19.0. The van der Waals surface area contributed by atoms with Gasteiger partial charge >= 0.3 is 0 Å². The van der Waals surface area contributed by atoms with E-state index in [2.05, 4.69) is 10.4 Å². The Hall–Kier alpha value is -3.08. The van der Waals surface area contributed by atoms with Crippen molar-refractivity contribution in [3.05, 3.63) is 59.1 Å². The van der Waals surface area contributed by atoms with Crippen molar-refractivity contribution in [3.63, 3.8) is 0 Å². The molecule has 3 aromatic heterocycles. The number of aromatic nitrogens is 3. The number of carbonyl (C=O) groups is 1. The van der Waals surface area contributed by atoms with Crippen molar-refractivity contribution in [1.29, 1.82) is 0 Å². The van der Waals surface area contributed by atoms with E-state index in [0.29, 0.717) is 28.0 Å². The number of carbonyl (C=O) groups excluding carboxylic acids is 1. The number of aryl methyl sites for hydroxylation is 1. The van der Waals surface area contributed by atoms with Crippen LogP contribution >= 0.6 is 11.3 Å². The molecule has 172 valence electrons. The van der Waals surface area contributed by atoms with Gasteiger partial charge in [-0.25, -0.2) is 22.4 Å². The number of nitrogens with zero attached hydrogens (tertiary/aromatic N) is 4. The number of hydrogen-bond acceptors (Lipinski definition) is 6. The highest BCUT2D eigenvalue weighted by molar-refractivity contribution is 7.89. The lowest BCUT2D eigenvalue weighted by Gasteiger charge is -2.15. The molecule has 0 saturated heterocycles. The van der Waals surface area contributed by atoms with Crippen LogP contribution in [0.2, 0.25) is 0 Å². The number of rotatable bonds is 6. The van der Waals surface area contributed by atoms with E-state index in [0.717, 1.165) is 14.7 Å². The van der Waals surface area contributed by atoms with Crippen LogP contribution in [-0.4, -0.2) is 47.5 Å². The van der Waals surface area contributed by atoms with Crippen LogP contribution in [0, 0.1) is 6.92 Å². The number of thiophene rings is 1. The average molecular weight is 484 g/mol. The first-order chi connectivity index (χ1) is 15.6. The van der Waals surface area contributed by atoms with E-state index >= 15 is 0 Å². The lowest BCUT2D eigenvalue weighted by molar-refractivity contribution is 0.102. The van der Waals surface area contributed by atoms with Crippen LogP contribution in [0.15, 0.2) is 52.9 Å². The number of amides is 1. The summed E-state index contributed by atoms with van der Waals surface area (Å²) in [5.41, 5.74) is 2.92. The number of benzene rings is 1. The fourth-order valence-corrected chi connectivity index (χ4v) is 5.05. The monoisotopic (exact) mass is 483 g/mol. The van der Waals surface area contributed by atoms with E-state index in [1.54, 1.807) is 34.3 Å². The molecule has 0 bridgehead atoms. The molecule has 0 aliphatic heterocycles. The first-order valence-corrected chi connectivity index (χ1v) is 12.7. The zero-order chi connectivity index (χ0) is 23.9. The fraction of sp³-hybridized carbons (Fsp3) is 0.261. The lowest BCUT2D eigenvalue weighted by atomic mass is 10.1. The van der Waals surface area contributed by atoms with E-state index in [9.17, 15) is 13.2 Å². The van der Waals surface area contributed by atoms with E-state index in [1.807, 2.05) is 38.3 Å². The summed E-state index contributed by atoms with van der Waals surface area (Å²) in [4.78, 5) is 19.3. The molecule has 0 aliphatic carbocycles. The second kappa shape index (κ2) is 8.69. The summed E-state index contributed by atoms with van der Waals surface area (Å²) in [6.45, 7) is 5.83. The summed E-state index contributed by atoms with van der Waals surface area (Å²) in [6.07, 6.45) is 1.65. The SMILES string of the molecule is Cc1ccc(S(=O)(=O)N(C)C)cc1NC(=O)c1cc(-c2cccs2)nc2c1cnn2C(C)C. The molecule has 33 heavy (non-hydrogen) atoms. The standard InChI is InChI=1S/C23H25N5O3S2/c1-14(2)28-22-18(13-24-28)17(12-20(25-22)21-7-6-10-32-21)23(29)26-19-11-16(9-8-15(19)3)33(30,31)27(4)5/h6-14H,1-5H3,(H,26,29). The largest absolute Gasteiger partial charge is 0.322 e. The highest BCUT2D eigenvalue weighted by Gasteiger charge is 2.22. The van der Waals surface area contributed by atoms with Crippen molar-refractivity contribution in [1.82, 2.24) is 19.1 Å². The van der Waals surface area contributed by atoms with Crippen LogP contribution < -0.4 is 5.32 Å².